The number of hydrogen-bond acceptors (Lipinski definition) is 3. The van der Waals surface area contributed by atoms with E-state index in [4.69, 9.17) is 0 Å². The smallest absolute Gasteiger partial charge is 0.354 e. The highest BCUT2D eigenvalue weighted by atomic mass is 19.1. The Morgan fingerprint density at radius 1 is 0.966 bits per heavy atom. The normalized spacial score (nSPS) is 11.2. The molecule has 0 fully saturated rings. The number of carboxylic acids is 1. The number of nitrogens with zero attached hydrogens (tertiary/aromatic N) is 2. The molecule has 0 saturated carbocycles. The van der Waals surface area contributed by atoms with E-state index in [0.29, 0.717) is 16.8 Å². The van der Waals surface area contributed by atoms with Gasteiger partial charge in [-0.15, -0.1) is 0 Å². The lowest BCUT2D eigenvalue weighted by molar-refractivity contribution is 0.0691. The molecule has 0 aliphatic rings. The molecule has 0 unspecified atom stereocenters. The number of H-pyrrole nitrogens is 1. The summed E-state index contributed by atoms with van der Waals surface area (Å²) >= 11 is 0. The standard InChI is InChI=1S/C23H14FN3O2/c24-15-8-5-14(6-9-15)22-18(12-25-27-22)17-11-20(23(28)29)26-19-10-7-13-3-1-2-4-16(13)21(17)19/h1-12H,(H,25,27)(H,28,29). The molecular weight excluding hydrogens is 369 g/mol. The summed E-state index contributed by atoms with van der Waals surface area (Å²) in [6, 6.07) is 19.3. The Morgan fingerprint density at radius 2 is 1.76 bits per heavy atom. The van der Waals surface area contributed by atoms with E-state index in [2.05, 4.69) is 15.2 Å². The Balaban J connectivity index is 1.87. The van der Waals surface area contributed by atoms with E-state index in [0.717, 1.165) is 27.3 Å². The van der Waals surface area contributed by atoms with Crippen molar-refractivity contribution in [3.05, 3.63) is 84.4 Å². The predicted molar refractivity (Wildman–Crippen MR) is 109 cm³/mol. The molecule has 29 heavy (non-hydrogen) atoms. The van der Waals surface area contributed by atoms with Gasteiger partial charge in [0.25, 0.3) is 0 Å². The maximum absolute atomic E-state index is 13.4. The van der Waals surface area contributed by atoms with Gasteiger partial charge in [0, 0.05) is 16.5 Å². The molecule has 0 aliphatic heterocycles. The number of fused-ring (bicyclic) bond motifs is 3. The van der Waals surface area contributed by atoms with Crippen molar-refractivity contribution >= 4 is 27.6 Å². The molecule has 2 N–H and O–H groups in total. The summed E-state index contributed by atoms with van der Waals surface area (Å²) < 4.78 is 13.4. The molecule has 2 heterocycles. The molecule has 6 heteroatoms. The minimum atomic E-state index is -1.10. The van der Waals surface area contributed by atoms with Gasteiger partial charge in [0.05, 0.1) is 17.4 Å². The first-order valence-electron chi connectivity index (χ1n) is 8.97. The Hall–Kier alpha value is -4.06. The van der Waals surface area contributed by atoms with Crippen LogP contribution in [0.25, 0.3) is 44.1 Å². The highest BCUT2D eigenvalue weighted by molar-refractivity contribution is 6.15. The second-order valence-electron chi connectivity index (χ2n) is 6.71. The van der Waals surface area contributed by atoms with Crippen LogP contribution in [-0.4, -0.2) is 26.3 Å². The van der Waals surface area contributed by atoms with Crippen LogP contribution in [0, 0.1) is 5.82 Å². The zero-order valence-corrected chi connectivity index (χ0v) is 15.1. The van der Waals surface area contributed by atoms with Gasteiger partial charge in [0.2, 0.25) is 0 Å². The van der Waals surface area contributed by atoms with E-state index in [9.17, 15) is 14.3 Å². The number of hydrogen-bond donors (Lipinski definition) is 2. The summed E-state index contributed by atoms with van der Waals surface area (Å²) in [4.78, 5) is 16.0. The number of aromatic carboxylic acids is 1. The number of rotatable bonds is 3. The molecule has 0 radical (unpaired) electrons. The third-order valence-electron chi connectivity index (χ3n) is 4.98. The quantitative estimate of drug-likeness (QED) is 0.415. The molecule has 0 aliphatic carbocycles. The Labute approximate surface area is 164 Å². The molecule has 140 valence electrons. The summed E-state index contributed by atoms with van der Waals surface area (Å²) in [6.45, 7) is 0. The average molecular weight is 383 g/mol. The first-order valence-corrected chi connectivity index (χ1v) is 8.97. The van der Waals surface area contributed by atoms with Crippen molar-refractivity contribution in [2.45, 2.75) is 0 Å². The first-order chi connectivity index (χ1) is 14.1. The van der Waals surface area contributed by atoms with E-state index in [1.165, 1.54) is 12.1 Å². The first kappa shape index (κ1) is 17.1. The maximum Gasteiger partial charge on any atom is 0.354 e. The number of pyridine rings is 1. The van der Waals surface area contributed by atoms with Gasteiger partial charge in [0.15, 0.2) is 0 Å². The Morgan fingerprint density at radius 3 is 2.55 bits per heavy atom. The second kappa shape index (κ2) is 6.53. The van der Waals surface area contributed by atoms with Crippen LogP contribution in [0.15, 0.2) is 72.9 Å². The monoisotopic (exact) mass is 383 g/mol. The van der Waals surface area contributed by atoms with E-state index in [-0.39, 0.29) is 11.5 Å². The lowest BCUT2D eigenvalue weighted by atomic mass is 9.94. The minimum Gasteiger partial charge on any atom is -0.477 e. The summed E-state index contributed by atoms with van der Waals surface area (Å²) in [7, 11) is 0. The van der Waals surface area contributed by atoms with Gasteiger partial charge in [0.1, 0.15) is 11.5 Å². The van der Waals surface area contributed by atoms with Crippen LogP contribution < -0.4 is 0 Å². The molecule has 5 rings (SSSR count). The molecule has 2 aromatic heterocycles. The van der Waals surface area contributed by atoms with Gasteiger partial charge >= 0.3 is 5.97 Å². The highest BCUT2D eigenvalue weighted by Crippen LogP contribution is 2.38. The number of aromatic amines is 1. The zero-order valence-electron chi connectivity index (χ0n) is 15.1. The van der Waals surface area contributed by atoms with Crippen LogP contribution in [0.5, 0.6) is 0 Å². The highest BCUT2D eigenvalue weighted by Gasteiger charge is 2.18. The molecule has 3 aromatic carbocycles. The lowest BCUT2D eigenvalue weighted by Gasteiger charge is -2.12. The zero-order chi connectivity index (χ0) is 20.0. The molecular formula is C23H14FN3O2. The Kier molecular flexibility index (Phi) is 3.84. The van der Waals surface area contributed by atoms with Crippen LogP contribution in [0.3, 0.4) is 0 Å². The number of carbonyl (C=O) groups is 1. The lowest BCUT2D eigenvalue weighted by Crippen LogP contribution is -2.01. The maximum atomic E-state index is 13.4. The summed E-state index contributed by atoms with van der Waals surface area (Å²) in [6.07, 6.45) is 1.65. The van der Waals surface area contributed by atoms with Crippen LogP contribution >= 0.6 is 0 Å². The molecule has 0 atom stereocenters. The van der Waals surface area contributed by atoms with Crippen molar-refractivity contribution in [3.63, 3.8) is 0 Å². The predicted octanol–water partition coefficient (Wildman–Crippen LogP) is 5.28. The summed E-state index contributed by atoms with van der Waals surface area (Å²) in [5, 5.41) is 19.5. The third kappa shape index (κ3) is 2.82. The van der Waals surface area contributed by atoms with Gasteiger partial charge in [-0.25, -0.2) is 14.2 Å². The molecule has 0 amide bonds. The van der Waals surface area contributed by atoms with Crippen LogP contribution in [0.4, 0.5) is 4.39 Å². The molecule has 5 nitrogen and oxygen atoms in total. The fraction of sp³-hybridized carbons (Fsp3) is 0. The second-order valence-corrected chi connectivity index (χ2v) is 6.71. The van der Waals surface area contributed by atoms with Crippen molar-refractivity contribution in [2.24, 2.45) is 0 Å². The molecule has 0 saturated heterocycles. The van der Waals surface area contributed by atoms with Gasteiger partial charge < -0.3 is 5.11 Å². The van der Waals surface area contributed by atoms with Crippen molar-refractivity contribution in [1.29, 1.82) is 0 Å². The van der Waals surface area contributed by atoms with E-state index in [1.54, 1.807) is 24.4 Å². The molecule has 0 bridgehead atoms. The van der Waals surface area contributed by atoms with Crippen molar-refractivity contribution in [3.8, 4) is 22.4 Å². The van der Waals surface area contributed by atoms with Gasteiger partial charge in [-0.05, 0) is 52.7 Å². The molecule has 5 aromatic rings. The van der Waals surface area contributed by atoms with E-state index < -0.39 is 5.97 Å². The fourth-order valence-corrected chi connectivity index (χ4v) is 3.66. The van der Waals surface area contributed by atoms with Crippen molar-refractivity contribution in [2.75, 3.05) is 0 Å². The largest absolute Gasteiger partial charge is 0.477 e. The van der Waals surface area contributed by atoms with Gasteiger partial charge in [-0.1, -0.05) is 30.3 Å². The summed E-state index contributed by atoms with van der Waals surface area (Å²) in [5.41, 5.74) is 3.40. The van der Waals surface area contributed by atoms with E-state index >= 15 is 0 Å². The van der Waals surface area contributed by atoms with E-state index in [1.807, 2.05) is 36.4 Å². The topological polar surface area (TPSA) is 78.9 Å². The van der Waals surface area contributed by atoms with Crippen LogP contribution in [-0.2, 0) is 0 Å². The minimum absolute atomic E-state index is 0.0472. The van der Waals surface area contributed by atoms with Crippen LogP contribution in [0.2, 0.25) is 0 Å². The SMILES string of the molecule is O=C(O)c1cc(-c2cn[nH]c2-c2ccc(F)cc2)c2c(ccc3ccccc32)n1. The number of carboxylic acid groups (broad SMARTS) is 1. The average Bonchev–Trinajstić information content (AvgIpc) is 3.23. The van der Waals surface area contributed by atoms with Gasteiger partial charge in [-0.3, -0.25) is 5.10 Å². The van der Waals surface area contributed by atoms with Crippen molar-refractivity contribution in [1.82, 2.24) is 15.2 Å². The van der Waals surface area contributed by atoms with Gasteiger partial charge in [-0.2, -0.15) is 5.10 Å². The number of nitrogens with one attached hydrogen (secondary N) is 1. The fourth-order valence-electron chi connectivity index (χ4n) is 3.66. The number of benzene rings is 3. The Bertz CT molecular complexity index is 1390. The summed E-state index contributed by atoms with van der Waals surface area (Å²) in [5.74, 6) is -1.43. The number of halogens is 1. The van der Waals surface area contributed by atoms with Crippen LogP contribution in [0.1, 0.15) is 10.5 Å². The molecule has 0 spiro atoms. The van der Waals surface area contributed by atoms with Crippen molar-refractivity contribution < 1.29 is 14.3 Å². The number of aromatic nitrogens is 3. The third-order valence-corrected chi connectivity index (χ3v) is 4.98.